The predicted octanol–water partition coefficient (Wildman–Crippen LogP) is 4.85. The van der Waals surface area contributed by atoms with Gasteiger partial charge in [-0.25, -0.2) is 4.52 Å². The van der Waals surface area contributed by atoms with E-state index in [9.17, 15) is 5.26 Å². The van der Waals surface area contributed by atoms with Crippen molar-refractivity contribution in [2.75, 3.05) is 34.3 Å². The average Bonchev–Trinajstić information content (AvgIpc) is 3.49. The van der Waals surface area contributed by atoms with Gasteiger partial charge in [0, 0.05) is 51.6 Å². The van der Waals surface area contributed by atoms with E-state index in [1.807, 2.05) is 36.8 Å². The van der Waals surface area contributed by atoms with E-state index in [1.54, 1.807) is 36.6 Å². The Morgan fingerprint density at radius 1 is 1.17 bits per heavy atom. The van der Waals surface area contributed by atoms with Gasteiger partial charge in [0.25, 0.3) is 0 Å². The van der Waals surface area contributed by atoms with E-state index in [2.05, 4.69) is 45.8 Å². The van der Waals surface area contributed by atoms with Crippen molar-refractivity contribution in [3.63, 3.8) is 0 Å². The summed E-state index contributed by atoms with van der Waals surface area (Å²) in [6, 6.07) is 10.8. The maximum absolute atomic E-state index is 9.75. The second kappa shape index (κ2) is 10.2. The topological polar surface area (TPSA) is 83.7 Å². The van der Waals surface area contributed by atoms with Crippen molar-refractivity contribution in [1.29, 1.82) is 5.26 Å². The number of rotatable bonds is 6. The zero-order valence-electron chi connectivity index (χ0n) is 21.0. The molecule has 0 aliphatic carbocycles. The van der Waals surface area contributed by atoms with Crippen molar-refractivity contribution in [1.82, 2.24) is 24.3 Å². The van der Waals surface area contributed by atoms with Crippen LogP contribution in [0.3, 0.4) is 0 Å². The number of hydrogen-bond donors (Lipinski definition) is 0. The molecule has 0 amide bonds. The van der Waals surface area contributed by atoms with Crippen molar-refractivity contribution >= 4 is 23.5 Å². The number of fused-ring (bicyclic) bond motifs is 1. The lowest BCUT2D eigenvalue weighted by atomic mass is 10.0. The van der Waals surface area contributed by atoms with Gasteiger partial charge in [0.15, 0.2) is 0 Å². The molecule has 0 saturated carbocycles. The van der Waals surface area contributed by atoms with E-state index < -0.39 is 0 Å². The molecule has 4 heterocycles. The molecule has 1 aliphatic heterocycles. The van der Waals surface area contributed by atoms with Crippen LogP contribution in [0, 0.1) is 18.3 Å². The van der Waals surface area contributed by atoms with Crippen LogP contribution in [-0.4, -0.2) is 64.8 Å². The zero-order valence-corrected chi connectivity index (χ0v) is 21.8. The van der Waals surface area contributed by atoms with Gasteiger partial charge < -0.3 is 9.64 Å². The first kappa shape index (κ1) is 24.1. The molecule has 9 heteroatoms. The number of nitriles is 1. The van der Waals surface area contributed by atoms with Crippen molar-refractivity contribution in [2.45, 2.75) is 35.6 Å². The fraction of sp³-hybridized carbons (Fsp3) is 0.333. The number of likely N-dealkylation sites (tertiary alicyclic amines) is 1. The van der Waals surface area contributed by atoms with Crippen molar-refractivity contribution < 1.29 is 4.74 Å². The van der Waals surface area contributed by atoms with Gasteiger partial charge in [0.05, 0.1) is 36.6 Å². The second-order valence-corrected chi connectivity index (χ2v) is 10.2. The van der Waals surface area contributed by atoms with Crippen LogP contribution < -0.4 is 4.74 Å². The van der Waals surface area contributed by atoms with Gasteiger partial charge in [-0.05, 0) is 64.2 Å². The van der Waals surface area contributed by atoms with Crippen molar-refractivity contribution in [2.24, 2.45) is 4.99 Å². The van der Waals surface area contributed by atoms with Crippen LogP contribution in [0.4, 0.5) is 0 Å². The van der Waals surface area contributed by atoms with Crippen molar-refractivity contribution in [3.8, 4) is 22.9 Å². The van der Waals surface area contributed by atoms with Crippen LogP contribution >= 0.6 is 11.8 Å². The molecule has 36 heavy (non-hydrogen) atoms. The first-order valence-electron chi connectivity index (χ1n) is 11.9. The third kappa shape index (κ3) is 4.50. The first-order chi connectivity index (χ1) is 17.5. The molecule has 0 bridgehead atoms. The largest absolute Gasteiger partial charge is 0.497 e. The molecule has 1 aliphatic rings. The molecule has 0 N–H and O–H groups in total. The Bertz CT molecular complexity index is 1470. The lowest BCUT2D eigenvalue weighted by Crippen LogP contribution is -2.32. The molecule has 8 nitrogen and oxygen atoms in total. The summed E-state index contributed by atoms with van der Waals surface area (Å²) in [5.41, 5.74) is 5.54. The predicted molar refractivity (Wildman–Crippen MR) is 142 cm³/mol. The Hall–Kier alpha value is -3.61. The Morgan fingerprint density at radius 3 is 2.69 bits per heavy atom. The van der Waals surface area contributed by atoms with E-state index in [0.29, 0.717) is 11.6 Å². The van der Waals surface area contributed by atoms with Crippen molar-refractivity contribution in [3.05, 3.63) is 59.7 Å². The lowest BCUT2D eigenvalue weighted by molar-refractivity contribution is 0.210. The Morgan fingerprint density at radius 2 is 1.97 bits per heavy atom. The van der Waals surface area contributed by atoms with Gasteiger partial charge in [-0.2, -0.15) is 15.5 Å². The molecule has 0 unspecified atom stereocenters. The maximum Gasteiger partial charge on any atom is 0.119 e. The number of nitrogens with zero attached hydrogens (tertiary/aromatic N) is 7. The molecule has 184 valence electrons. The number of hydrogen-bond acceptors (Lipinski definition) is 7. The van der Waals surface area contributed by atoms with E-state index in [0.717, 1.165) is 69.4 Å². The van der Waals surface area contributed by atoms with Gasteiger partial charge in [-0.15, -0.1) is 0 Å². The highest BCUT2D eigenvalue weighted by Gasteiger charge is 2.23. The van der Waals surface area contributed by atoms with Crippen LogP contribution in [0.5, 0.6) is 5.75 Å². The number of aromatic nitrogens is 4. The Labute approximate surface area is 215 Å². The number of aliphatic imine (C=N–C) groups is 1. The lowest BCUT2D eigenvalue weighted by Gasteiger charge is -2.29. The number of ether oxygens (including phenoxy) is 1. The number of methoxy groups -OCH3 is 1. The van der Waals surface area contributed by atoms with E-state index >= 15 is 0 Å². The van der Waals surface area contributed by atoms with E-state index in [4.69, 9.17) is 9.84 Å². The molecule has 4 aromatic rings. The number of pyridine rings is 1. The Kier molecular flexibility index (Phi) is 6.81. The summed E-state index contributed by atoms with van der Waals surface area (Å²) in [6.07, 6.45) is 9.60. The normalized spacial score (nSPS) is 15.1. The Balaban J connectivity index is 1.59. The molecular formula is C27H29N7OS. The summed E-state index contributed by atoms with van der Waals surface area (Å²) in [5, 5.41) is 19.0. The third-order valence-electron chi connectivity index (χ3n) is 6.79. The van der Waals surface area contributed by atoms with Gasteiger partial charge in [0.1, 0.15) is 11.8 Å². The summed E-state index contributed by atoms with van der Waals surface area (Å²) in [4.78, 5) is 8.56. The van der Waals surface area contributed by atoms with E-state index in [1.165, 1.54) is 0 Å². The fourth-order valence-electron chi connectivity index (χ4n) is 4.81. The zero-order chi connectivity index (χ0) is 25.2. The van der Waals surface area contributed by atoms with Gasteiger partial charge in [-0.3, -0.25) is 9.67 Å². The minimum Gasteiger partial charge on any atom is -0.497 e. The maximum atomic E-state index is 9.75. The minimum absolute atomic E-state index is 0.414. The number of piperidine rings is 1. The highest BCUT2D eigenvalue weighted by Crippen LogP contribution is 2.39. The fourth-order valence-corrected chi connectivity index (χ4v) is 5.90. The number of benzene rings is 1. The van der Waals surface area contributed by atoms with Crippen LogP contribution in [0.1, 0.15) is 35.7 Å². The summed E-state index contributed by atoms with van der Waals surface area (Å²) >= 11 is 1.60. The standard InChI is InChI=1S/C27H29N7OS/c1-18-24(16-31-34(18)22-7-9-32(3)10-8-22)20-12-26(27-21(13-28)15-30-33(27)17-20)36-25-6-5-23(35-4)11-19(25)14-29-2/h5-6,11-12,14-17,22H,7-10H2,1-4H3/b29-14-. The molecule has 5 rings (SSSR count). The smallest absolute Gasteiger partial charge is 0.119 e. The SMILES string of the molecule is C/N=C\c1cc(OC)ccc1Sc1cc(-c2cnn(C3CCN(C)CC3)c2C)cn2ncc(C#N)c12. The van der Waals surface area contributed by atoms with E-state index in [-0.39, 0.29) is 0 Å². The highest BCUT2D eigenvalue weighted by molar-refractivity contribution is 7.99. The average molecular weight is 500 g/mol. The molecule has 0 radical (unpaired) electrons. The van der Waals surface area contributed by atoms with Gasteiger partial charge in [-0.1, -0.05) is 11.8 Å². The van der Waals surface area contributed by atoms with Crippen LogP contribution in [0.2, 0.25) is 0 Å². The van der Waals surface area contributed by atoms with Gasteiger partial charge >= 0.3 is 0 Å². The van der Waals surface area contributed by atoms with Crippen LogP contribution in [0.25, 0.3) is 16.6 Å². The monoisotopic (exact) mass is 499 g/mol. The first-order valence-corrected chi connectivity index (χ1v) is 12.8. The van der Waals surface area contributed by atoms with Crippen LogP contribution in [-0.2, 0) is 0 Å². The highest BCUT2D eigenvalue weighted by atomic mass is 32.2. The summed E-state index contributed by atoms with van der Waals surface area (Å²) in [6.45, 7) is 4.31. The van der Waals surface area contributed by atoms with Gasteiger partial charge in [0.2, 0.25) is 0 Å². The molecule has 3 aromatic heterocycles. The summed E-state index contributed by atoms with van der Waals surface area (Å²) < 4.78 is 9.40. The second-order valence-electron chi connectivity index (χ2n) is 9.07. The molecular weight excluding hydrogens is 470 g/mol. The quantitative estimate of drug-likeness (QED) is 0.353. The molecule has 1 saturated heterocycles. The molecule has 1 fully saturated rings. The molecule has 0 spiro atoms. The molecule has 1 aromatic carbocycles. The summed E-state index contributed by atoms with van der Waals surface area (Å²) in [7, 11) is 5.58. The minimum atomic E-state index is 0.414. The molecule has 0 atom stereocenters. The van der Waals surface area contributed by atoms with Crippen LogP contribution in [0.15, 0.2) is 57.6 Å². The third-order valence-corrected chi connectivity index (χ3v) is 7.91. The summed E-state index contributed by atoms with van der Waals surface area (Å²) in [5.74, 6) is 0.771.